The molecule has 16 heavy (non-hydrogen) atoms. The van der Waals surface area contributed by atoms with Crippen LogP contribution in [0.4, 0.5) is 0 Å². The second-order valence-corrected chi connectivity index (χ2v) is 5.69. The quantitative estimate of drug-likeness (QED) is 0.802. The first-order chi connectivity index (χ1) is 7.63. The summed E-state index contributed by atoms with van der Waals surface area (Å²) in [5.41, 5.74) is 0. The highest BCUT2D eigenvalue weighted by molar-refractivity contribution is 8.13. The Bertz CT molecular complexity index is 230. The van der Waals surface area contributed by atoms with E-state index in [0.29, 0.717) is 12.1 Å². The van der Waals surface area contributed by atoms with Gasteiger partial charge in [0.25, 0.3) is 0 Å². The van der Waals surface area contributed by atoms with Crippen molar-refractivity contribution in [1.29, 1.82) is 0 Å². The Morgan fingerprint density at radius 1 is 1.62 bits per heavy atom. The van der Waals surface area contributed by atoms with Gasteiger partial charge in [-0.05, 0) is 33.7 Å². The Labute approximate surface area is 104 Å². The van der Waals surface area contributed by atoms with E-state index in [1.54, 1.807) is 0 Å². The molecule has 0 bridgehead atoms. The van der Waals surface area contributed by atoms with Gasteiger partial charge in [0.15, 0.2) is 5.17 Å². The van der Waals surface area contributed by atoms with E-state index in [4.69, 9.17) is 0 Å². The molecule has 0 saturated carbocycles. The molecule has 1 heterocycles. The molecule has 1 fully saturated rings. The summed E-state index contributed by atoms with van der Waals surface area (Å²) in [6.45, 7) is 8.68. The zero-order chi connectivity index (χ0) is 12.0. The third kappa shape index (κ3) is 4.74. The van der Waals surface area contributed by atoms with E-state index in [1.807, 2.05) is 11.8 Å². The zero-order valence-electron chi connectivity index (χ0n) is 11.0. The lowest BCUT2D eigenvalue weighted by Crippen LogP contribution is -2.36. The maximum Gasteiger partial charge on any atom is 0.156 e. The van der Waals surface area contributed by atoms with Crippen molar-refractivity contribution >= 4 is 16.9 Å². The number of likely N-dealkylation sites (N-methyl/N-ethyl adjacent to an activating group) is 1. The van der Waals surface area contributed by atoms with E-state index in [-0.39, 0.29) is 0 Å². The summed E-state index contributed by atoms with van der Waals surface area (Å²) in [6.07, 6.45) is 2.45. The van der Waals surface area contributed by atoms with E-state index in [1.165, 1.54) is 18.6 Å². The van der Waals surface area contributed by atoms with Crippen molar-refractivity contribution < 1.29 is 0 Å². The van der Waals surface area contributed by atoms with Crippen LogP contribution in [0.3, 0.4) is 0 Å². The summed E-state index contributed by atoms with van der Waals surface area (Å²) in [6, 6.07) is 1.25. The summed E-state index contributed by atoms with van der Waals surface area (Å²) in [4.78, 5) is 6.99. The van der Waals surface area contributed by atoms with Gasteiger partial charge in [-0.2, -0.15) is 0 Å². The van der Waals surface area contributed by atoms with Crippen molar-refractivity contribution in [2.45, 2.75) is 45.7 Å². The highest BCUT2D eigenvalue weighted by Crippen LogP contribution is 2.13. The Hall–Kier alpha value is -0.220. The Morgan fingerprint density at radius 2 is 2.38 bits per heavy atom. The maximum absolute atomic E-state index is 4.62. The monoisotopic (exact) mass is 243 g/mol. The molecule has 0 aromatic rings. The molecule has 0 radical (unpaired) electrons. The van der Waals surface area contributed by atoms with Gasteiger partial charge in [-0.25, -0.2) is 0 Å². The van der Waals surface area contributed by atoms with Crippen molar-refractivity contribution in [3.05, 3.63) is 0 Å². The molecule has 1 aliphatic heterocycles. The first kappa shape index (κ1) is 13.8. The summed E-state index contributed by atoms with van der Waals surface area (Å²) in [7, 11) is 2.18. The maximum atomic E-state index is 4.62. The van der Waals surface area contributed by atoms with Crippen LogP contribution in [-0.4, -0.2) is 48.0 Å². The standard InChI is InChI=1S/C12H25N3S/c1-5-11(3)15(4)8-7-13-12-14-10(2)6-9-16-12/h10-11H,5-9H2,1-4H3,(H,13,14). The van der Waals surface area contributed by atoms with Gasteiger partial charge in [0, 0.05) is 24.4 Å². The van der Waals surface area contributed by atoms with Crippen LogP contribution >= 0.6 is 11.8 Å². The molecule has 0 aliphatic carbocycles. The Kier molecular flexibility index (Phi) is 6.21. The minimum atomic E-state index is 0.590. The molecule has 1 saturated heterocycles. The Morgan fingerprint density at radius 3 is 3.00 bits per heavy atom. The molecule has 2 atom stereocenters. The minimum absolute atomic E-state index is 0.590. The molecule has 1 rings (SSSR count). The molecule has 0 aromatic heterocycles. The van der Waals surface area contributed by atoms with Gasteiger partial charge in [0.05, 0.1) is 6.54 Å². The van der Waals surface area contributed by atoms with Gasteiger partial charge < -0.3 is 10.2 Å². The van der Waals surface area contributed by atoms with Crippen LogP contribution in [0.2, 0.25) is 0 Å². The van der Waals surface area contributed by atoms with E-state index in [2.05, 4.69) is 43.0 Å². The van der Waals surface area contributed by atoms with Gasteiger partial charge in [0.1, 0.15) is 0 Å². The summed E-state index contributed by atoms with van der Waals surface area (Å²) < 4.78 is 0. The van der Waals surface area contributed by atoms with Crippen LogP contribution in [-0.2, 0) is 0 Å². The molecule has 0 amide bonds. The SMILES string of the molecule is CCC(C)N(C)CCN=C1NC(C)CCS1. The number of hydrogen-bond acceptors (Lipinski definition) is 3. The van der Waals surface area contributed by atoms with Crippen molar-refractivity contribution in [3.63, 3.8) is 0 Å². The minimum Gasteiger partial charge on any atom is -0.362 e. The van der Waals surface area contributed by atoms with E-state index >= 15 is 0 Å². The van der Waals surface area contributed by atoms with Crippen molar-refractivity contribution in [3.8, 4) is 0 Å². The Balaban J connectivity index is 2.25. The van der Waals surface area contributed by atoms with Crippen LogP contribution in [0.1, 0.15) is 33.6 Å². The van der Waals surface area contributed by atoms with Gasteiger partial charge >= 0.3 is 0 Å². The van der Waals surface area contributed by atoms with Crippen LogP contribution in [0.15, 0.2) is 4.99 Å². The van der Waals surface area contributed by atoms with Crippen LogP contribution in [0.25, 0.3) is 0 Å². The number of nitrogens with one attached hydrogen (secondary N) is 1. The van der Waals surface area contributed by atoms with Gasteiger partial charge in [-0.3, -0.25) is 4.99 Å². The lowest BCUT2D eigenvalue weighted by molar-refractivity contribution is 0.259. The predicted octanol–water partition coefficient (Wildman–Crippen LogP) is 2.19. The normalized spacial score (nSPS) is 25.8. The van der Waals surface area contributed by atoms with Gasteiger partial charge in [0.2, 0.25) is 0 Å². The highest BCUT2D eigenvalue weighted by Gasteiger charge is 2.12. The van der Waals surface area contributed by atoms with Gasteiger partial charge in [-0.1, -0.05) is 18.7 Å². The second-order valence-electron chi connectivity index (χ2n) is 4.61. The largest absolute Gasteiger partial charge is 0.362 e. The second kappa shape index (κ2) is 7.17. The van der Waals surface area contributed by atoms with Crippen LogP contribution in [0.5, 0.6) is 0 Å². The number of aliphatic imine (C=N–C) groups is 1. The molecule has 94 valence electrons. The first-order valence-electron chi connectivity index (χ1n) is 6.27. The van der Waals surface area contributed by atoms with E-state index < -0.39 is 0 Å². The molecule has 1 aliphatic rings. The smallest absolute Gasteiger partial charge is 0.156 e. The third-order valence-electron chi connectivity index (χ3n) is 3.21. The molecule has 4 heteroatoms. The fraction of sp³-hybridized carbons (Fsp3) is 0.917. The van der Waals surface area contributed by atoms with E-state index in [9.17, 15) is 0 Å². The third-order valence-corrected chi connectivity index (χ3v) is 4.17. The average molecular weight is 243 g/mol. The fourth-order valence-corrected chi connectivity index (χ4v) is 2.72. The zero-order valence-corrected chi connectivity index (χ0v) is 11.8. The molecule has 0 aromatic carbocycles. The summed E-state index contributed by atoms with van der Waals surface area (Å²) >= 11 is 1.85. The summed E-state index contributed by atoms with van der Waals surface area (Å²) in [5, 5.41) is 4.56. The number of nitrogens with zero attached hydrogens (tertiary/aromatic N) is 2. The van der Waals surface area contributed by atoms with Gasteiger partial charge in [-0.15, -0.1) is 0 Å². The van der Waals surface area contributed by atoms with Crippen LogP contribution in [0, 0.1) is 0 Å². The molecule has 3 nitrogen and oxygen atoms in total. The van der Waals surface area contributed by atoms with Crippen molar-refractivity contribution in [2.75, 3.05) is 25.9 Å². The first-order valence-corrected chi connectivity index (χ1v) is 7.26. The fourth-order valence-electron chi connectivity index (χ4n) is 1.59. The average Bonchev–Trinajstić information content (AvgIpc) is 2.28. The number of amidine groups is 1. The van der Waals surface area contributed by atoms with Crippen molar-refractivity contribution in [1.82, 2.24) is 10.2 Å². The lowest BCUT2D eigenvalue weighted by atomic mass is 10.2. The molecular weight excluding hydrogens is 218 g/mol. The number of rotatable bonds is 5. The van der Waals surface area contributed by atoms with Crippen LogP contribution < -0.4 is 5.32 Å². The van der Waals surface area contributed by atoms with Crippen molar-refractivity contribution in [2.24, 2.45) is 4.99 Å². The highest BCUT2D eigenvalue weighted by atomic mass is 32.2. The predicted molar refractivity (Wildman–Crippen MR) is 74.4 cm³/mol. The summed E-state index contributed by atoms with van der Waals surface area (Å²) in [5.74, 6) is 1.20. The lowest BCUT2D eigenvalue weighted by Gasteiger charge is -2.24. The molecular formula is C12H25N3S. The molecule has 2 unspecified atom stereocenters. The van der Waals surface area contributed by atoms with E-state index in [0.717, 1.165) is 18.3 Å². The number of hydrogen-bond donors (Lipinski definition) is 1. The topological polar surface area (TPSA) is 27.6 Å². The molecule has 1 N–H and O–H groups in total. The molecule has 0 spiro atoms. The number of thioether (sulfide) groups is 1.